The fourth-order valence-electron chi connectivity index (χ4n) is 2.07. The summed E-state index contributed by atoms with van der Waals surface area (Å²) in [5.74, 6) is -0.0928. The van der Waals surface area contributed by atoms with Gasteiger partial charge in [0.05, 0.1) is 6.04 Å². The molecule has 1 atom stereocenters. The van der Waals surface area contributed by atoms with E-state index in [1.165, 1.54) is 5.56 Å². The van der Waals surface area contributed by atoms with Crippen LogP contribution < -0.4 is 11.1 Å². The van der Waals surface area contributed by atoms with E-state index in [4.69, 9.17) is 5.73 Å². The van der Waals surface area contributed by atoms with Crippen LogP contribution in [0.15, 0.2) is 60.7 Å². The van der Waals surface area contributed by atoms with E-state index in [0.717, 1.165) is 12.0 Å². The van der Waals surface area contributed by atoms with Crippen LogP contribution in [0.1, 0.15) is 11.1 Å². The Kier molecular flexibility index (Phi) is 5.33. The van der Waals surface area contributed by atoms with Crippen molar-refractivity contribution in [1.29, 1.82) is 0 Å². The minimum absolute atomic E-state index is 0.0928. The van der Waals surface area contributed by atoms with Gasteiger partial charge in [-0.2, -0.15) is 0 Å². The maximum atomic E-state index is 11.9. The molecule has 2 aromatic rings. The van der Waals surface area contributed by atoms with Gasteiger partial charge in [0, 0.05) is 6.54 Å². The van der Waals surface area contributed by atoms with Crippen molar-refractivity contribution in [2.75, 3.05) is 6.54 Å². The molecule has 2 rings (SSSR count). The largest absolute Gasteiger partial charge is 0.354 e. The molecule has 0 aliphatic carbocycles. The van der Waals surface area contributed by atoms with Gasteiger partial charge in [-0.15, -0.1) is 0 Å². The predicted molar refractivity (Wildman–Crippen MR) is 81.3 cm³/mol. The third-order valence-corrected chi connectivity index (χ3v) is 3.19. The molecule has 104 valence electrons. The number of nitrogens with one attached hydrogen (secondary N) is 1. The molecule has 20 heavy (non-hydrogen) atoms. The molecule has 0 bridgehead atoms. The maximum Gasteiger partial charge on any atom is 0.237 e. The van der Waals surface area contributed by atoms with E-state index in [2.05, 4.69) is 17.4 Å². The molecule has 3 nitrogen and oxygen atoms in total. The molecule has 3 N–H and O–H groups in total. The third kappa shape index (κ3) is 4.52. The lowest BCUT2D eigenvalue weighted by Gasteiger charge is -2.12. The summed E-state index contributed by atoms with van der Waals surface area (Å²) in [6.07, 6.45) is 1.39. The molecular weight excluding hydrogens is 248 g/mol. The highest BCUT2D eigenvalue weighted by atomic mass is 16.2. The molecule has 0 saturated heterocycles. The number of hydrogen-bond donors (Lipinski definition) is 2. The number of benzene rings is 2. The van der Waals surface area contributed by atoms with E-state index in [9.17, 15) is 4.79 Å². The van der Waals surface area contributed by atoms with Crippen LogP contribution in [-0.2, 0) is 17.6 Å². The lowest BCUT2D eigenvalue weighted by Crippen LogP contribution is -2.42. The first kappa shape index (κ1) is 14.3. The van der Waals surface area contributed by atoms with Gasteiger partial charge in [0.2, 0.25) is 5.91 Å². The molecule has 1 unspecified atom stereocenters. The zero-order valence-electron chi connectivity index (χ0n) is 11.5. The highest BCUT2D eigenvalue weighted by molar-refractivity contribution is 5.81. The normalized spacial score (nSPS) is 11.8. The summed E-state index contributed by atoms with van der Waals surface area (Å²) < 4.78 is 0. The first-order chi connectivity index (χ1) is 9.75. The highest BCUT2D eigenvalue weighted by Gasteiger charge is 2.13. The second kappa shape index (κ2) is 7.46. The van der Waals surface area contributed by atoms with Gasteiger partial charge in [0.25, 0.3) is 0 Å². The summed E-state index contributed by atoms with van der Waals surface area (Å²) in [5, 5.41) is 2.89. The molecule has 0 aliphatic rings. The monoisotopic (exact) mass is 268 g/mol. The van der Waals surface area contributed by atoms with E-state index in [1.54, 1.807) is 0 Å². The van der Waals surface area contributed by atoms with Crippen LogP contribution in [0.4, 0.5) is 0 Å². The van der Waals surface area contributed by atoms with Crippen molar-refractivity contribution >= 4 is 5.91 Å². The molecule has 2 aromatic carbocycles. The van der Waals surface area contributed by atoms with Gasteiger partial charge in [-0.3, -0.25) is 4.79 Å². The van der Waals surface area contributed by atoms with Crippen LogP contribution in [0.5, 0.6) is 0 Å². The van der Waals surface area contributed by atoms with E-state index >= 15 is 0 Å². The van der Waals surface area contributed by atoms with Crippen molar-refractivity contribution < 1.29 is 4.79 Å². The van der Waals surface area contributed by atoms with Crippen LogP contribution in [-0.4, -0.2) is 18.5 Å². The minimum Gasteiger partial charge on any atom is -0.354 e. The Balaban J connectivity index is 1.74. The molecule has 0 aliphatic heterocycles. The number of hydrogen-bond acceptors (Lipinski definition) is 2. The number of carbonyl (C=O) groups is 1. The Bertz CT molecular complexity index is 525. The van der Waals surface area contributed by atoms with E-state index < -0.39 is 6.04 Å². The first-order valence-corrected chi connectivity index (χ1v) is 6.87. The zero-order valence-corrected chi connectivity index (χ0v) is 11.5. The van der Waals surface area contributed by atoms with Crippen LogP contribution in [0.2, 0.25) is 0 Å². The minimum atomic E-state index is -0.492. The third-order valence-electron chi connectivity index (χ3n) is 3.19. The van der Waals surface area contributed by atoms with Gasteiger partial charge in [-0.1, -0.05) is 60.7 Å². The summed E-state index contributed by atoms with van der Waals surface area (Å²) in [6, 6.07) is 19.4. The van der Waals surface area contributed by atoms with E-state index in [-0.39, 0.29) is 5.91 Å². The van der Waals surface area contributed by atoms with Gasteiger partial charge in [0.15, 0.2) is 0 Å². The summed E-state index contributed by atoms with van der Waals surface area (Å²) in [6.45, 7) is 0.616. The van der Waals surface area contributed by atoms with Crippen molar-refractivity contribution in [1.82, 2.24) is 5.32 Å². The average molecular weight is 268 g/mol. The van der Waals surface area contributed by atoms with Gasteiger partial charge in [0.1, 0.15) is 0 Å². The van der Waals surface area contributed by atoms with Crippen molar-refractivity contribution in [3.05, 3.63) is 71.8 Å². The van der Waals surface area contributed by atoms with Crippen molar-refractivity contribution in [3.63, 3.8) is 0 Å². The molecular formula is C17H20N2O. The van der Waals surface area contributed by atoms with Crippen molar-refractivity contribution in [2.24, 2.45) is 5.73 Å². The summed E-state index contributed by atoms with van der Waals surface area (Å²) in [4.78, 5) is 11.9. The van der Waals surface area contributed by atoms with Gasteiger partial charge in [-0.05, 0) is 24.0 Å². The highest BCUT2D eigenvalue weighted by Crippen LogP contribution is 2.02. The molecule has 3 heteroatoms. The summed E-state index contributed by atoms with van der Waals surface area (Å²) in [7, 11) is 0. The second-order valence-electron chi connectivity index (χ2n) is 4.82. The maximum absolute atomic E-state index is 11.9. The van der Waals surface area contributed by atoms with Gasteiger partial charge in [-0.25, -0.2) is 0 Å². The quantitative estimate of drug-likeness (QED) is 0.841. The Morgan fingerprint density at radius 3 is 2.10 bits per heavy atom. The molecule has 0 aromatic heterocycles. The predicted octanol–water partition coefficient (Wildman–Crippen LogP) is 1.92. The zero-order chi connectivity index (χ0) is 14.2. The Hall–Kier alpha value is -2.13. The lowest BCUT2D eigenvalue weighted by molar-refractivity contribution is -0.122. The second-order valence-corrected chi connectivity index (χ2v) is 4.82. The van der Waals surface area contributed by atoms with Crippen LogP contribution >= 0.6 is 0 Å². The van der Waals surface area contributed by atoms with Crippen LogP contribution in [0.3, 0.4) is 0 Å². The molecule has 1 amide bonds. The number of nitrogens with two attached hydrogens (primary N) is 1. The number of amides is 1. The molecule has 0 fully saturated rings. The van der Waals surface area contributed by atoms with Gasteiger partial charge < -0.3 is 11.1 Å². The summed E-state index contributed by atoms with van der Waals surface area (Å²) >= 11 is 0. The van der Waals surface area contributed by atoms with Crippen molar-refractivity contribution in [3.8, 4) is 0 Å². The van der Waals surface area contributed by atoms with E-state index in [0.29, 0.717) is 13.0 Å². The average Bonchev–Trinajstić information content (AvgIpc) is 2.49. The summed E-state index contributed by atoms with van der Waals surface area (Å²) in [5.41, 5.74) is 8.21. The Morgan fingerprint density at radius 2 is 1.50 bits per heavy atom. The lowest BCUT2D eigenvalue weighted by atomic mass is 10.1. The molecule has 0 spiro atoms. The van der Waals surface area contributed by atoms with Gasteiger partial charge >= 0.3 is 0 Å². The smallest absolute Gasteiger partial charge is 0.237 e. The fourth-order valence-corrected chi connectivity index (χ4v) is 2.07. The number of carbonyl (C=O) groups excluding carboxylic acids is 1. The van der Waals surface area contributed by atoms with Crippen LogP contribution in [0, 0.1) is 0 Å². The number of rotatable bonds is 6. The van der Waals surface area contributed by atoms with Crippen LogP contribution in [0.25, 0.3) is 0 Å². The topological polar surface area (TPSA) is 55.1 Å². The SMILES string of the molecule is NC(Cc1ccccc1)C(=O)NCCc1ccccc1. The molecule has 0 saturated carbocycles. The Morgan fingerprint density at radius 1 is 0.950 bits per heavy atom. The van der Waals surface area contributed by atoms with E-state index in [1.807, 2.05) is 48.5 Å². The fraction of sp³-hybridized carbons (Fsp3) is 0.235. The van der Waals surface area contributed by atoms with Crippen molar-refractivity contribution in [2.45, 2.75) is 18.9 Å². The Labute approximate surface area is 119 Å². The first-order valence-electron chi connectivity index (χ1n) is 6.87. The molecule has 0 heterocycles. The molecule has 0 radical (unpaired) electrons. The standard InChI is InChI=1S/C17H20N2O/c18-16(13-15-9-5-2-6-10-15)17(20)19-12-11-14-7-3-1-4-8-14/h1-10,16H,11-13,18H2,(H,19,20).